The summed E-state index contributed by atoms with van der Waals surface area (Å²) in [5.41, 5.74) is 3.93. The second-order valence-corrected chi connectivity index (χ2v) is 12.1. The van der Waals surface area contributed by atoms with E-state index in [1.807, 2.05) is 60.4 Å². The number of piperidine rings is 1. The molecular weight excluding hydrogens is 538 g/mol. The van der Waals surface area contributed by atoms with Crippen molar-refractivity contribution in [1.82, 2.24) is 10.2 Å². The third kappa shape index (κ3) is 9.15. The van der Waals surface area contributed by atoms with Crippen LogP contribution in [0.4, 0.5) is 4.79 Å². The first kappa shape index (κ1) is 30.3. The van der Waals surface area contributed by atoms with E-state index in [1.54, 1.807) is 12.1 Å². The maximum atomic E-state index is 12.4. The second kappa shape index (κ2) is 14.3. The molecule has 3 aromatic carbocycles. The summed E-state index contributed by atoms with van der Waals surface area (Å²) in [6, 6.07) is 26.9. The van der Waals surface area contributed by atoms with Gasteiger partial charge >= 0.3 is 6.09 Å². The van der Waals surface area contributed by atoms with Gasteiger partial charge in [-0.1, -0.05) is 60.2 Å². The number of benzene rings is 3. The standard InChI is InChI=1S/C25H29N3O2.C7H8O3S/c26-17-21-8-4-7-20(15-21)16-23-9-10-24(27-23)22-11-13-28(14-12-22)25(29)30-18-19-5-2-1-3-6-19;1-6-2-4-7(5-3-6)11(8,9)10/h1-8,15,22-24,27H,9-14,16,18H2;2-5H,1H3,(H,8,9,10). The van der Waals surface area contributed by atoms with Crippen molar-refractivity contribution < 1.29 is 22.5 Å². The molecule has 2 heterocycles. The molecular formula is C32H37N3O5S. The number of nitrogens with one attached hydrogen (secondary N) is 1. The molecule has 2 N–H and O–H groups in total. The van der Waals surface area contributed by atoms with Gasteiger partial charge in [-0.15, -0.1) is 0 Å². The Morgan fingerprint density at radius 1 is 0.976 bits per heavy atom. The lowest BCUT2D eigenvalue weighted by atomic mass is 9.89. The largest absolute Gasteiger partial charge is 0.445 e. The van der Waals surface area contributed by atoms with Gasteiger partial charge in [0.1, 0.15) is 6.61 Å². The number of nitriles is 1. The Labute approximate surface area is 242 Å². The first-order valence-corrected chi connectivity index (χ1v) is 15.4. The molecule has 0 radical (unpaired) electrons. The summed E-state index contributed by atoms with van der Waals surface area (Å²) in [5, 5.41) is 12.9. The highest BCUT2D eigenvalue weighted by molar-refractivity contribution is 7.85. The maximum Gasteiger partial charge on any atom is 0.410 e. The van der Waals surface area contributed by atoms with Crippen molar-refractivity contribution in [1.29, 1.82) is 5.26 Å². The minimum Gasteiger partial charge on any atom is -0.445 e. The molecule has 2 aliphatic rings. The van der Waals surface area contributed by atoms with Gasteiger partial charge < -0.3 is 15.0 Å². The number of carbonyl (C=O) groups is 1. The number of rotatable bonds is 6. The predicted molar refractivity (Wildman–Crippen MR) is 157 cm³/mol. The Hall–Kier alpha value is -3.71. The van der Waals surface area contributed by atoms with Crippen molar-refractivity contribution in [3.05, 3.63) is 101 Å². The lowest BCUT2D eigenvalue weighted by Crippen LogP contribution is -2.44. The Bertz CT molecular complexity index is 1430. The normalized spacial score (nSPS) is 19.1. The average molecular weight is 576 g/mol. The number of hydrogen-bond donors (Lipinski definition) is 2. The third-order valence-electron chi connectivity index (χ3n) is 7.70. The number of nitrogens with zero attached hydrogens (tertiary/aromatic N) is 2. The molecule has 41 heavy (non-hydrogen) atoms. The summed E-state index contributed by atoms with van der Waals surface area (Å²) in [4.78, 5) is 14.2. The first-order valence-electron chi connectivity index (χ1n) is 14.0. The number of amides is 1. The van der Waals surface area contributed by atoms with E-state index in [-0.39, 0.29) is 11.0 Å². The molecule has 216 valence electrons. The van der Waals surface area contributed by atoms with Gasteiger partial charge in [0.05, 0.1) is 16.5 Å². The number of ether oxygens (including phenoxy) is 1. The Morgan fingerprint density at radius 2 is 1.66 bits per heavy atom. The molecule has 8 nitrogen and oxygen atoms in total. The van der Waals surface area contributed by atoms with Gasteiger partial charge in [-0.3, -0.25) is 4.55 Å². The molecule has 0 aromatic heterocycles. The summed E-state index contributed by atoms with van der Waals surface area (Å²) in [5.74, 6) is 0.610. The van der Waals surface area contributed by atoms with Crippen LogP contribution >= 0.6 is 0 Å². The van der Waals surface area contributed by atoms with Crippen molar-refractivity contribution in [3.63, 3.8) is 0 Å². The monoisotopic (exact) mass is 575 g/mol. The highest BCUT2D eigenvalue weighted by Gasteiger charge is 2.33. The fraction of sp³-hybridized carbons (Fsp3) is 0.375. The maximum absolute atomic E-state index is 12.4. The molecule has 2 aliphatic heterocycles. The minimum absolute atomic E-state index is 0.0666. The van der Waals surface area contributed by atoms with Crippen LogP contribution in [0.15, 0.2) is 83.8 Å². The van der Waals surface area contributed by atoms with Gasteiger partial charge in [0.2, 0.25) is 0 Å². The van der Waals surface area contributed by atoms with E-state index < -0.39 is 10.1 Å². The van der Waals surface area contributed by atoms with E-state index in [4.69, 9.17) is 14.6 Å². The zero-order valence-electron chi connectivity index (χ0n) is 23.3. The van der Waals surface area contributed by atoms with Gasteiger partial charge in [0.25, 0.3) is 10.1 Å². The van der Waals surface area contributed by atoms with Crippen LogP contribution in [-0.4, -0.2) is 49.1 Å². The van der Waals surface area contributed by atoms with Gasteiger partial charge in [0.15, 0.2) is 0 Å². The van der Waals surface area contributed by atoms with E-state index in [1.165, 1.54) is 30.5 Å². The van der Waals surface area contributed by atoms with Crippen molar-refractivity contribution in [2.24, 2.45) is 5.92 Å². The van der Waals surface area contributed by atoms with Crippen molar-refractivity contribution >= 4 is 16.2 Å². The first-order chi connectivity index (χ1) is 19.7. The lowest BCUT2D eigenvalue weighted by molar-refractivity contribution is 0.0787. The van der Waals surface area contributed by atoms with Gasteiger partial charge in [-0.05, 0) is 80.3 Å². The number of carbonyl (C=O) groups excluding carboxylic acids is 1. The molecule has 2 saturated heterocycles. The van der Waals surface area contributed by atoms with Crippen molar-refractivity contribution in [2.75, 3.05) is 13.1 Å². The summed E-state index contributed by atoms with van der Waals surface area (Å²) >= 11 is 0. The zero-order chi connectivity index (χ0) is 29.2. The molecule has 0 spiro atoms. The Morgan fingerprint density at radius 3 is 2.32 bits per heavy atom. The molecule has 0 aliphatic carbocycles. The minimum atomic E-state index is -4.02. The molecule has 5 rings (SSSR count). The van der Waals surface area contributed by atoms with E-state index in [0.29, 0.717) is 24.6 Å². The molecule has 0 saturated carbocycles. The fourth-order valence-electron chi connectivity index (χ4n) is 5.44. The Balaban J connectivity index is 0.000000296. The van der Waals surface area contributed by atoms with Crippen molar-refractivity contribution in [2.45, 2.75) is 62.6 Å². The highest BCUT2D eigenvalue weighted by atomic mass is 32.2. The predicted octanol–water partition coefficient (Wildman–Crippen LogP) is 5.51. The third-order valence-corrected chi connectivity index (χ3v) is 8.57. The van der Waals surface area contributed by atoms with E-state index in [9.17, 15) is 13.2 Å². The second-order valence-electron chi connectivity index (χ2n) is 10.7. The summed E-state index contributed by atoms with van der Waals surface area (Å²) in [6.07, 6.45) is 5.17. The lowest BCUT2D eigenvalue weighted by Gasteiger charge is -2.34. The molecule has 2 atom stereocenters. The van der Waals surface area contributed by atoms with Crippen LogP contribution in [0.5, 0.6) is 0 Å². The quantitative estimate of drug-likeness (QED) is 0.372. The SMILES string of the molecule is Cc1ccc(S(=O)(=O)O)cc1.N#Cc1cccc(CC2CCC(C3CCN(C(=O)OCc4ccccc4)CC3)N2)c1. The fourth-order valence-corrected chi connectivity index (χ4v) is 5.92. The van der Waals surface area contributed by atoms with Crippen LogP contribution in [0.3, 0.4) is 0 Å². The van der Waals surface area contributed by atoms with Crippen LogP contribution < -0.4 is 5.32 Å². The van der Waals surface area contributed by atoms with E-state index >= 15 is 0 Å². The average Bonchev–Trinajstić information content (AvgIpc) is 3.45. The van der Waals surface area contributed by atoms with Crippen molar-refractivity contribution in [3.8, 4) is 6.07 Å². The zero-order valence-corrected chi connectivity index (χ0v) is 24.1. The molecule has 1 amide bonds. The number of aryl methyl sites for hydroxylation is 1. The molecule has 0 bridgehead atoms. The van der Waals surface area contributed by atoms with Crippen LogP contribution in [0.2, 0.25) is 0 Å². The summed E-state index contributed by atoms with van der Waals surface area (Å²) in [7, 11) is -4.02. The molecule has 2 unspecified atom stereocenters. The molecule has 9 heteroatoms. The van der Waals surface area contributed by atoms with E-state index in [0.717, 1.165) is 49.0 Å². The van der Waals surface area contributed by atoms with Crippen LogP contribution in [0.25, 0.3) is 0 Å². The van der Waals surface area contributed by atoms with Crippen LogP contribution in [0.1, 0.15) is 47.9 Å². The Kier molecular flexibility index (Phi) is 10.5. The molecule has 3 aromatic rings. The number of likely N-dealkylation sites (tertiary alicyclic amines) is 1. The van der Waals surface area contributed by atoms with E-state index in [2.05, 4.69) is 17.5 Å². The summed E-state index contributed by atoms with van der Waals surface area (Å²) < 4.78 is 35.0. The highest BCUT2D eigenvalue weighted by Crippen LogP contribution is 2.29. The topological polar surface area (TPSA) is 120 Å². The summed E-state index contributed by atoms with van der Waals surface area (Å²) in [6.45, 7) is 3.71. The van der Waals surface area contributed by atoms with Gasteiger partial charge in [-0.2, -0.15) is 13.7 Å². The van der Waals surface area contributed by atoms with Crippen LogP contribution in [-0.2, 0) is 27.9 Å². The molecule has 2 fully saturated rings. The van der Waals surface area contributed by atoms with Crippen LogP contribution in [0, 0.1) is 24.2 Å². The van der Waals surface area contributed by atoms with Gasteiger partial charge in [-0.25, -0.2) is 4.79 Å². The number of hydrogen-bond acceptors (Lipinski definition) is 6. The van der Waals surface area contributed by atoms with Gasteiger partial charge in [0, 0.05) is 25.2 Å². The smallest absolute Gasteiger partial charge is 0.410 e.